The van der Waals surface area contributed by atoms with Crippen LogP contribution in [0.3, 0.4) is 0 Å². The molecule has 1 aromatic carbocycles. The molecule has 0 atom stereocenters. The number of rotatable bonds is 3. The predicted octanol–water partition coefficient (Wildman–Crippen LogP) is 3.20. The van der Waals surface area contributed by atoms with Crippen LogP contribution in [-0.2, 0) is 0 Å². The number of aryl methyl sites for hydroxylation is 2. The number of nitrogens with one attached hydrogen (secondary N) is 1. The van der Waals surface area contributed by atoms with Gasteiger partial charge < -0.3 is 0 Å². The minimum absolute atomic E-state index is 0.106. The van der Waals surface area contributed by atoms with Crippen molar-refractivity contribution in [2.75, 3.05) is 0 Å². The normalized spacial score (nSPS) is 11.2. The summed E-state index contributed by atoms with van der Waals surface area (Å²) in [6.45, 7) is 3.65. The Morgan fingerprint density at radius 2 is 2.00 bits per heavy atom. The quantitative estimate of drug-likeness (QED) is 0.682. The number of benzene rings is 1. The van der Waals surface area contributed by atoms with Crippen LogP contribution < -0.4 is 0 Å². The summed E-state index contributed by atoms with van der Waals surface area (Å²) < 4.78 is 25.8. The molecule has 0 aliphatic heterocycles. The van der Waals surface area contributed by atoms with Crippen LogP contribution in [0.5, 0.6) is 0 Å². The molecule has 0 saturated heterocycles. The van der Waals surface area contributed by atoms with Crippen LogP contribution in [0.4, 0.5) is 8.78 Å². The second-order valence-corrected chi connectivity index (χ2v) is 4.17. The smallest absolute Gasteiger partial charge is 0.185 e. The van der Waals surface area contributed by atoms with Gasteiger partial charge >= 0.3 is 0 Å². The summed E-state index contributed by atoms with van der Waals surface area (Å²) in [6, 6.07) is 3.07. The van der Waals surface area contributed by atoms with Crippen molar-refractivity contribution >= 4 is 11.9 Å². The molecular weight excluding hydrogens is 250 g/mol. The lowest BCUT2D eigenvalue weighted by molar-refractivity contribution is 0.104. The van der Waals surface area contributed by atoms with E-state index in [4.69, 9.17) is 0 Å². The van der Waals surface area contributed by atoms with Crippen molar-refractivity contribution in [1.29, 1.82) is 0 Å². The Morgan fingerprint density at radius 1 is 1.26 bits per heavy atom. The molecule has 1 aromatic heterocycles. The number of carbonyl (C=O) groups is 1. The summed E-state index contributed by atoms with van der Waals surface area (Å²) in [5.41, 5.74) is 2.53. The third-order valence-corrected chi connectivity index (χ3v) is 2.79. The molecule has 0 aliphatic carbocycles. The molecular formula is C14H12F2N2O. The first-order valence-corrected chi connectivity index (χ1v) is 5.68. The number of aromatic nitrogens is 2. The maximum atomic E-state index is 13.0. The zero-order chi connectivity index (χ0) is 14.0. The highest BCUT2D eigenvalue weighted by molar-refractivity contribution is 6.06. The lowest BCUT2D eigenvalue weighted by Crippen LogP contribution is -1.96. The molecule has 0 unspecified atom stereocenters. The van der Waals surface area contributed by atoms with Crippen LogP contribution in [-0.4, -0.2) is 16.0 Å². The molecule has 0 aliphatic rings. The van der Waals surface area contributed by atoms with Crippen molar-refractivity contribution in [3.05, 3.63) is 58.4 Å². The molecule has 5 heteroatoms. The molecule has 1 heterocycles. The third-order valence-electron chi connectivity index (χ3n) is 2.79. The molecule has 0 radical (unpaired) electrons. The van der Waals surface area contributed by atoms with Crippen molar-refractivity contribution in [1.82, 2.24) is 10.2 Å². The topological polar surface area (TPSA) is 45.8 Å². The highest BCUT2D eigenvalue weighted by Gasteiger charge is 2.08. The largest absolute Gasteiger partial charge is 0.289 e. The van der Waals surface area contributed by atoms with Crippen LogP contribution in [0, 0.1) is 25.5 Å². The number of aromatic amines is 1. The standard InChI is InChI=1S/C14H12F2N2O/c1-8-11(9(2)18-17-8)4-6-14(19)10-3-5-12(15)13(16)7-10/h3-7H,1-2H3,(H,17,18). The van der Waals surface area contributed by atoms with Crippen molar-refractivity contribution < 1.29 is 13.6 Å². The fourth-order valence-electron chi connectivity index (χ4n) is 1.71. The molecule has 3 nitrogen and oxygen atoms in total. The van der Waals surface area contributed by atoms with Gasteiger partial charge in [-0.25, -0.2) is 8.78 Å². The first-order valence-electron chi connectivity index (χ1n) is 5.68. The monoisotopic (exact) mass is 262 g/mol. The Labute approximate surface area is 109 Å². The second kappa shape index (κ2) is 5.14. The lowest BCUT2D eigenvalue weighted by atomic mass is 10.1. The van der Waals surface area contributed by atoms with Gasteiger partial charge in [-0.15, -0.1) is 0 Å². The Hall–Kier alpha value is -2.30. The summed E-state index contributed by atoms with van der Waals surface area (Å²) in [5, 5.41) is 6.79. The van der Waals surface area contributed by atoms with E-state index in [1.54, 1.807) is 6.08 Å². The Bertz CT molecular complexity index is 640. The highest BCUT2D eigenvalue weighted by atomic mass is 19.2. The maximum absolute atomic E-state index is 13.0. The van der Waals surface area contributed by atoms with E-state index in [1.165, 1.54) is 12.1 Å². The van der Waals surface area contributed by atoms with Crippen LogP contribution >= 0.6 is 0 Å². The first-order chi connectivity index (χ1) is 8.99. The van der Waals surface area contributed by atoms with Crippen molar-refractivity contribution in [3.63, 3.8) is 0 Å². The van der Waals surface area contributed by atoms with Gasteiger partial charge in [0.25, 0.3) is 0 Å². The Morgan fingerprint density at radius 3 is 2.58 bits per heavy atom. The lowest BCUT2D eigenvalue weighted by Gasteiger charge is -1.97. The molecule has 98 valence electrons. The molecule has 0 fully saturated rings. The predicted molar refractivity (Wildman–Crippen MR) is 67.8 cm³/mol. The summed E-state index contributed by atoms with van der Waals surface area (Å²) in [5.74, 6) is -2.39. The van der Waals surface area contributed by atoms with E-state index in [0.717, 1.165) is 29.1 Å². The van der Waals surface area contributed by atoms with Gasteiger partial charge in [0.05, 0.1) is 5.69 Å². The Balaban J connectivity index is 2.24. The summed E-state index contributed by atoms with van der Waals surface area (Å²) in [6.07, 6.45) is 2.93. The maximum Gasteiger partial charge on any atom is 0.185 e. The Kier molecular flexibility index (Phi) is 3.55. The van der Waals surface area contributed by atoms with Crippen LogP contribution in [0.15, 0.2) is 24.3 Å². The number of carbonyl (C=O) groups excluding carboxylic acids is 1. The average molecular weight is 262 g/mol. The number of allylic oxidation sites excluding steroid dienone is 1. The molecule has 0 spiro atoms. The number of hydrogen-bond acceptors (Lipinski definition) is 2. The summed E-state index contributed by atoms with van der Waals surface area (Å²) in [4.78, 5) is 11.8. The van der Waals surface area contributed by atoms with Crippen LogP contribution in [0.2, 0.25) is 0 Å². The van der Waals surface area contributed by atoms with E-state index in [0.29, 0.717) is 0 Å². The minimum Gasteiger partial charge on any atom is -0.289 e. The fourth-order valence-corrected chi connectivity index (χ4v) is 1.71. The van der Waals surface area contributed by atoms with Gasteiger partial charge in [-0.05, 0) is 44.2 Å². The van der Waals surface area contributed by atoms with E-state index in [9.17, 15) is 13.6 Å². The first kappa shape index (κ1) is 13.1. The number of ketones is 1. The number of nitrogens with zero attached hydrogens (tertiary/aromatic N) is 1. The van der Waals surface area contributed by atoms with Gasteiger partial charge in [0, 0.05) is 16.8 Å². The van der Waals surface area contributed by atoms with E-state index in [-0.39, 0.29) is 11.3 Å². The highest BCUT2D eigenvalue weighted by Crippen LogP contribution is 2.13. The number of hydrogen-bond donors (Lipinski definition) is 1. The van der Waals surface area contributed by atoms with Crippen molar-refractivity contribution in [2.24, 2.45) is 0 Å². The molecule has 2 rings (SSSR count). The van der Waals surface area contributed by atoms with Gasteiger partial charge in [-0.3, -0.25) is 9.89 Å². The van der Waals surface area contributed by atoms with Gasteiger partial charge in [0.2, 0.25) is 0 Å². The number of halogens is 2. The van der Waals surface area contributed by atoms with E-state index < -0.39 is 11.6 Å². The van der Waals surface area contributed by atoms with E-state index in [2.05, 4.69) is 10.2 Å². The SMILES string of the molecule is Cc1n[nH]c(C)c1C=CC(=O)c1ccc(F)c(F)c1. The minimum atomic E-state index is -1.03. The van der Waals surface area contributed by atoms with Gasteiger partial charge in [0.1, 0.15) is 0 Å². The summed E-state index contributed by atoms with van der Waals surface area (Å²) >= 11 is 0. The zero-order valence-electron chi connectivity index (χ0n) is 10.5. The average Bonchev–Trinajstić information content (AvgIpc) is 2.69. The number of H-pyrrole nitrogens is 1. The summed E-state index contributed by atoms with van der Waals surface area (Å²) in [7, 11) is 0. The fraction of sp³-hybridized carbons (Fsp3) is 0.143. The molecule has 19 heavy (non-hydrogen) atoms. The molecule has 0 amide bonds. The van der Waals surface area contributed by atoms with Gasteiger partial charge in [-0.1, -0.05) is 0 Å². The molecule has 1 N–H and O–H groups in total. The third kappa shape index (κ3) is 2.76. The van der Waals surface area contributed by atoms with Crippen LogP contribution in [0.1, 0.15) is 27.3 Å². The van der Waals surface area contributed by atoms with Gasteiger partial charge in [-0.2, -0.15) is 5.10 Å². The van der Waals surface area contributed by atoms with E-state index >= 15 is 0 Å². The zero-order valence-corrected chi connectivity index (χ0v) is 10.5. The van der Waals surface area contributed by atoms with Gasteiger partial charge in [0.15, 0.2) is 17.4 Å². The van der Waals surface area contributed by atoms with Crippen molar-refractivity contribution in [3.8, 4) is 0 Å². The molecule has 0 bridgehead atoms. The van der Waals surface area contributed by atoms with Crippen LogP contribution in [0.25, 0.3) is 6.08 Å². The molecule has 2 aromatic rings. The van der Waals surface area contributed by atoms with E-state index in [1.807, 2.05) is 13.8 Å². The molecule has 0 saturated carbocycles. The van der Waals surface area contributed by atoms with Crippen molar-refractivity contribution in [2.45, 2.75) is 13.8 Å². The second-order valence-electron chi connectivity index (χ2n) is 4.17.